The van der Waals surface area contributed by atoms with Crippen molar-refractivity contribution < 1.29 is 19.1 Å². The zero-order valence-electron chi connectivity index (χ0n) is 10.6. The molecule has 0 amide bonds. The molecule has 0 heterocycles. The van der Waals surface area contributed by atoms with Gasteiger partial charge in [0, 0.05) is 12.8 Å². The minimum absolute atomic E-state index is 0.0914. The zero-order chi connectivity index (χ0) is 13.5. The Hall–Kier alpha value is -1.63. The number of carbonyl (C=O) groups is 3. The molecule has 1 rings (SSSR count). The quantitative estimate of drug-likeness (QED) is 0.321. The third-order valence-corrected chi connectivity index (χ3v) is 3.12. The van der Waals surface area contributed by atoms with E-state index in [1.54, 1.807) is 6.92 Å². The summed E-state index contributed by atoms with van der Waals surface area (Å²) in [6, 6.07) is 0. The Balaban J connectivity index is 2.72. The molecule has 4 heteroatoms. The lowest BCUT2D eigenvalue weighted by Gasteiger charge is -2.27. The molecule has 0 radical (unpaired) electrons. The van der Waals surface area contributed by atoms with Gasteiger partial charge in [0.2, 0.25) is 0 Å². The van der Waals surface area contributed by atoms with Crippen molar-refractivity contribution in [3.05, 3.63) is 0 Å². The van der Waals surface area contributed by atoms with Crippen molar-refractivity contribution in [2.75, 3.05) is 6.61 Å². The maximum atomic E-state index is 11.8. The molecule has 2 atom stereocenters. The minimum atomic E-state index is -0.777. The summed E-state index contributed by atoms with van der Waals surface area (Å²) in [7, 11) is 0. The normalized spacial score (nSPS) is 23.6. The molecule has 4 nitrogen and oxygen atoms in total. The zero-order valence-corrected chi connectivity index (χ0v) is 10.6. The highest BCUT2D eigenvalue weighted by Gasteiger charge is 2.41. The van der Waals surface area contributed by atoms with E-state index in [2.05, 4.69) is 5.92 Å². The highest BCUT2D eigenvalue weighted by molar-refractivity contribution is 6.10. The maximum absolute atomic E-state index is 11.8. The minimum Gasteiger partial charge on any atom is -0.465 e. The summed E-state index contributed by atoms with van der Waals surface area (Å²) in [4.78, 5) is 35.0. The molecule has 2 unspecified atom stereocenters. The van der Waals surface area contributed by atoms with E-state index in [9.17, 15) is 14.4 Å². The second-order valence-electron chi connectivity index (χ2n) is 4.47. The van der Waals surface area contributed by atoms with Crippen LogP contribution in [0.3, 0.4) is 0 Å². The predicted molar refractivity (Wildman–Crippen MR) is 65.5 cm³/mol. The van der Waals surface area contributed by atoms with Gasteiger partial charge in [-0.3, -0.25) is 14.4 Å². The first-order chi connectivity index (χ1) is 8.60. The van der Waals surface area contributed by atoms with Crippen molar-refractivity contribution in [2.45, 2.75) is 39.0 Å². The van der Waals surface area contributed by atoms with E-state index in [4.69, 9.17) is 11.2 Å². The van der Waals surface area contributed by atoms with Gasteiger partial charge in [0.25, 0.3) is 0 Å². The van der Waals surface area contributed by atoms with Crippen LogP contribution in [0, 0.1) is 24.2 Å². The van der Waals surface area contributed by atoms with Gasteiger partial charge in [-0.2, -0.15) is 0 Å². The number of ketones is 2. The standard InChI is InChI=1S/C14H18O4/c1-3-5-6-7-10-8-11(15)9-12(16)13(10)14(17)18-4-2/h1,10,13H,4-9H2,2H3. The molecule has 98 valence electrons. The summed E-state index contributed by atoms with van der Waals surface area (Å²) in [5, 5.41) is 0. The van der Waals surface area contributed by atoms with Crippen molar-refractivity contribution in [3.63, 3.8) is 0 Å². The number of carbonyl (C=O) groups excluding carboxylic acids is 3. The number of hydrogen-bond donors (Lipinski definition) is 0. The molecule has 0 aliphatic heterocycles. The number of hydrogen-bond acceptors (Lipinski definition) is 4. The molecule has 18 heavy (non-hydrogen) atoms. The van der Waals surface area contributed by atoms with Gasteiger partial charge in [0.15, 0.2) is 5.78 Å². The smallest absolute Gasteiger partial charge is 0.316 e. The van der Waals surface area contributed by atoms with Gasteiger partial charge in [0.05, 0.1) is 13.0 Å². The lowest BCUT2D eigenvalue weighted by molar-refractivity contribution is -0.156. The SMILES string of the molecule is C#CCCCC1CC(=O)CC(=O)C1C(=O)OCC. The fourth-order valence-corrected chi connectivity index (χ4v) is 2.34. The van der Waals surface area contributed by atoms with Crippen LogP contribution in [0.5, 0.6) is 0 Å². The molecule has 1 saturated carbocycles. The lowest BCUT2D eigenvalue weighted by Crippen LogP contribution is -2.39. The van der Waals surface area contributed by atoms with Crippen LogP contribution in [-0.4, -0.2) is 24.1 Å². The van der Waals surface area contributed by atoms with Crippen LogP contribution in [-0.2, 0) is 19.1 Å². The molecule has 0 bridgehead atoms. The fourth-order valence-electron chi connectivity index (χ4n) is 2.34. The predicted octanol–water partition coefficient (Wildman–Crippen LogP) is 1.52. The van der Waals surface area contributed by atoms with E-state index in [1.165, 1.54) is 0 Å². The number of ether oxygens (including phenoxy) is 1. The summed E-state index contributed by atoms with van der Waals surface area (Å²) in [6.45, 7) is 1.94. The number of esters is 1. The second kappa shape index (κ2) is 6.95. The van der Waals surface area contributed by atoms with Crippen molar-refractivity contribution in [3.8, 4) is 12.3 Å². The van der Waals surface area contributed by atoms with Gasteiger partial charge >= 0.3 is 5.97 Å². The van der Waals surface area contributed by atoms with E-state index in [1.807, 2.05) is 0 Å². The first-order valence-corrected chi connectivity index (χ1v) is 6.24. The topological polar surface area (TPSA) is 60.4 Å². The largest absolute Gasteiger partial charge is 0.465 e. The van der Waals surface area contributed by atoms with E-state index in [-0.39, 0.29) is 36.9 Å². The maximum Gasteiger partial charge on any atom is 0.316 e. The molecule has 0 aromatic rings. The van der Waals surface area contributed by atoms with E-state index in [0.717, 1.165) is 6.42 Å². The highest BCUT2D eigenvalue weighted by atomic mass is 16.5. The first kappa shape index (κ1) is 14.4. The molecule has 0 spiro atoms. The van der Waals surface area contributed by atoms with Gasteiger partial charge < -0.3 is 4.74 Å². The van der Waals surface area contributed by atoms with Crippen LogP contribution >= 0.6 is 0 Å². The number of unbranched alkanes of at least 4 members (excludes halogenated alkanes) is 1. The summed E-state index contributed by atoms with van der Waals surface area (Å²) in [6.07, 6.45) is 7.23. The highest BCUT2D eigenvalue weighted by Crippen LogP contribution is 2.30. The van der Waals surface area contributed by atoms with E-state index in [0.29, 0.717) is 12.8 Å². The molecule has 1 fully saturated rings. The van der Waals surface area contributed by atoms with Crippen LogP contribution in [0.2, 0.25) is 0 Å². The molecule has 0 saturated heterocycles. The number of terminal acetylenes is 1. The van der Waals surface area contributed by atoms with Gasteiger partial charge in [-0.1, -0.05) is 0 Å². The van der Waals surface area contributed by atoms with Crippen molar-refractivity contribution >= 4 is 17.5 Å². The monoisotopic (exact) mass is 250 g/mol. The van der Waals surface area contributed by atoms with Crippen LogP contribution in [0.4, 0.5) is 0 Å². The Morgan fingerprint density at radius 3 is 2.83 bits per heavy atom. The summed E-state index contributed by atoms with van der Waals surface area (Å²) in [5.41, 5.74) is 0. The van der Waals surface area contributed by atoms with Gasteiger partial charge in [-0.05, 0) is 25.7 Å². The second-order valence-corrected chi connectivity index (χ2v) is 4.47. The first-order valence-electron chi connectivity index (χ1n) is 6.24. The number of rotatable bonds is 5. The van der Waals surface area contributed by atoms with Crippen LogP contribution < -0.4 is 0 Å². The van der Waals surface area contributed by atoms with Crippen molar-refractivity contribution in [1.29, 1.82) is 0 Å². The summed E-state index contributed by atoms with van der Waals surface area (Å²) in [5.74, 6) is 0.591. The molecule has 0 aromatic heterocycles. The average molecular weight is 250 g/mol. The Morgan fingerprint density at radius 2 is 2.22 bits per heavy atom. The summed E-state index contributed by atoms with van der Waals surface area (Å²) < 4.78 is 4.91. The van der Waals surface area contributed by atoms with Crippen LogP contribution in [0.1, 0.15) is 39.0 Å². The van der Waals surface area contributed by atoms with Crippen molar-refractivity contribution in [2.24, 2.45) is 11.8 Å². The Kier molecular flexibility index (Phi) is 5.57. The lowest BCUT2D eigenvalue weighted by atomic mass is 9.75. The third-order valence-electron chi connectivity index (χ3n) is 3.12. The van der Waals surface area contributed by atoms with E-state index >= 15 is 0 Å². The summed E-state index contributed by atoms with van der Waals surface area (Å²) >= 11 is 0. The Bertz CT molecular complexity index is 378. The van der Waals surface area contributed by atoms with E-state index < -0.39 is 11.9 Å². The average Bonchev–Trinajstić information content (AvgIpc) is 2.28. The Labute approximate surface area is 107 Å². The molecule has 0 N–H and O–H groups in total. The van der Waals surface area contributed by atoms with Crippen LogP contribution in [0.15, 0.2) is 0 Å². The third kappa shape index (κ3) is 3.69. The molecule has 1 aliphatic rings. The van der Waals surface area contributed by atoms with Crippen LogP contribution in [0.25, 0.3) is 0 Å². The van der Waals surface area contributed by atoms with Gasteiger partial charge in [0.1, 0.15) is 11.7 Å². The molecule has 0 aromatic carbocycles. The molecular weight excluding hydrogens is 232 g/mol. The Morgan fingerprint density at radius 1 is 1.50 bits per heavy atom. The van der Waals surface area contributed by atoms with Crippen molar-refractivity contribution in [1.82, 2.24) is 0 Å². The molecular formula is C14H18O4. The fraction of sp³-hybridized carbons (Fsp3) is 0.643. The van der Waals surface area contributed by atoms with Gasteiger partial charge in [-0.25, -0.2) is 0 Å². The molecule has 1 aliphatic carbocycles. The van der Waals surface area contributed by atoms with Gasteiger partial charge in [-0.15, -0.1) is 12.3 Å². The number of Topliss-reactive ketones (excluding diaryl/α,β-unsaturated/α-hetero) is 2.